The maximum Gasteiger partial charge on any atom is 0.306 e. The van der Waals surface area contributed by atoms with Crippen molar-refractivity contribution in [2.75, 3.05) is 26.2 Å². The minimum atomic E-state index is -0.671. The van der Waals surface area contributed by atoms with Crippen LogP contribution in [0.1, 0.15) is 39.5 Å². The Morgan fingerprint density at radius 1 is 1.29 bits per heavy atom. The van der Waals surface area contributed by atoms with Crippen molar-refractivity contribution in [1.29, 1.82) is 0 Å². The largest absolute Gasteiger partial charge is 0.481 e. The molecule has 5 nitrogen and oxygen atoms in total. The number of nitrogens with one attached hydrogen (secondary N) is 1. The molecular formula is C16H28N2O3. The molecule has 1 amide bonds. The lowest BCUT2D eigenvalue weighted by Crippen LogP contribution is -2.40. The Bertz CT molecular complexity index is 374. The Morgan fingerprint density at radius 2 is 1.90 bits per heavy atom. The molecule has 0 atom stereocenters. The molecule has 1 fully saturated rings. The second-order valence-electron chi connectivity index (χ2n) is 6.05. The molecule has 0 aromatic carbocycles. The average Bonchev–Trinajstić information content (AvgIpc) is 2.44. The molecule has 0 bridgehead atoms. The maximum absolute atomic E-state index is 12.0. The van der Waals surface area contributed by atoms with E-state index in [1.807, 2.05) is 13.8 Å². The first-order chi connectivity index (χ1) is 9.93. The third-order valence-corrected chi connectivity index (χ3v) is 4.10. The fraction of sp³-hybridized carbons (Fsp3) is 0.750. The van der Waals surface area contributed by atoms with Crippen LogP contribution in [0.2, 0.25) is 0 Å². The van der Waals surface area contributed by atoms with Crippen LogP contribution in [0.3, 0.4) is 0 Å². The van der Waals surface area contributed by atoms with Crippen molar-refractivity contribution < 1.29 is 14.7 Å². The smallest absolute Gasteiger partial charge is 0.306 e. The van der Waals surface area contributed by atoms with Gasteiger partial charge in [0.15, 0.2) is 0 Å². The molecule has 1 aliphatic carbocycles. The van der Waals surface area contributed by atoms with Gasteiger partial charge in [-0.15, -0.1) is 0 Å². The van der Waals surface area contributed by atoms with Gasteiger partial charge in [-0.2, -0.15) is 0 Å². The molecule has 0 aromatic heterocycles. The molecule has 2 N–H and O–H groups in total. The summed E-state index contributed by atoms with van der Waals surface area (Å²) in [7, 11) is 0. The first kappa shape index (κ1) is 17.7. The predicted molar refractivity (Wildman–Crippen MR) is 83.0 cm³/mol. The topological polar surface area (TPSA) is 69.6 Å². The third kappa shape index (κ3) is 6.29. The number of carboxylic acid groups (broad SMARTS) is 1. The Hall–Kier alpha value is -1.36. The molecule has 120 valence electrons. The molecule has 0 radical (unpaired) electrons. The molecule has 0 saturated heterocycles. The minimum absolute atomic E-state index is 0.0970. The van der Waals surface area contributed by atoms with Crippen LogP contribution in [-0.2, 0) is 9.59 Å². The van der Waals surface area contributed by atoms with E-state index in [1.165, 1.54) is 0 Å². The molecule has 21 heavy (non-hydrogen) atoms. The highest BCUT2D eigenvalue weighted by Gasteiger charge is 2.25. The zero-order chi connectivity index (χ0) is 15.8. The van der Waals surface area contributed by atoms with Crippen LogP contribution in [-0.4, -0.2) is 48.1 Å². The summed E-state index contributed by atoms with van der Waals surface area (Å²) in [6, 6.07) is 0. The lowest BCUT2D eigenvalue weighted by Gasteiger charge is -2.27. The number of carbonyl (C=O) groups is 2. The number of rotatable bonds is 8. The van der Waals surface area contributed by atoms with Crippen molar-refractivity contribution in [1.82, 2.24) is 10.2 Å². The van der Waals surface area contributed by atoms with Crippen molar-refractivity contribution in [2.24, 2.45) is 11.8 Å². The zero-order valence-electron chi connectivity index (χ0n) is 13.2. The number of hydrogen-bond acceptors (Lipinski definition) is 3. The van der Waals surface area contributed by atoms with Crippen molar-refractivity contribution in [2.45, 2.75) is 39.5 Å². The second-order valence-corrected chi connectivity index (χ2v) is 6.05. The molecule has 0 aromatic rings. The number of carboxylic acids is 1. The molecule has 1 rings (SSSR count). The van der Waals surface area contributed by atoms with Crippen LogP contribution in [0.5, 0.6) is 0 Å². The monoisotopic (exact) mass is 296 g/mol. The van der Waals surface area contributed by atoms with Gasteiger partial charge in [0.1, 0.15) is 0 Å². The van der Waals surface area contributed by atoms with E-state index in [2.05, 4.69) is 11.9 Å². The van der Waals surface area contributed by atoms with E-state index in [0.717, 1.165) is 37.8 Å². The average molecular weight is 296 g/mol. The molecule has 1 saturated carbocycles. The summed E-state index contributed by atoms with van der Waals surface area (Å²) >= 11 is 0. The first-order valence-corrected chi connectivity index (χ1v) is 7.79. The zero-order valence-corrected chi connectivity index (χ0v) is 13.2. The maximum atomic E-state index is 12.0. The van der Waals surface area contributed by atoms with Gasteiger partial charge < -0.3 is 15.3 Å². The summed E-state index contributed by atoms with van der Waals surface area (Å²) in [5.74, 6) is -0.256. The van der Waals surface area contributed by atoms with E-state index >= 15 is 0 Å². The Balaban J connectivity index is 2.23. The van der Waals surface area contributed by atoms with Crippen LogP contribution in [0.4, 0.5) is 0 Å². The molecular weight excluding hydrogens is 268 g/mol. The summed E-state index contributed by atoms with van der Waals surface area (Å²) in [4.78, 5) is 24.7. The van der Waals surface area contributed by atoms with Crippen LogP contribution in [0.15, 0.2) is 12.2 Å². The minimum Gasteiger partial charge on any atom is -0.481 e. The molecule has 0 unspecified atom stereocenters. The lowest BCUT2D eigenvalue weighted by molar-refractivity contribution is -0.143. The van der Waals surface area contributed by atoms with Gasteiger partial charge in [-0.3, -0.25) is 9.59 Å². The molecule has 0 heterocycles. The molecule has 1 aliphatic rings. The normalized spacial score (nSPS) is 21.8. The van der Waals surface area contributed by atoms with Crippen molar-refractivity contribution in [3.63, 3.8) is 0 Å². The van der Waals surface area contributed by atoms with E-state index in [4.69, 9.17) is 5.11 Å². The fourth-order valence-corrected chi connectivity index (χ4v) is 2.81. The van der Waals surface area contributed by atoms with E-state index < -0.39 is 5.97 Å². The highest BCUT2D eigenvalue weighted by molar-refractivity contribution is 5.78. The summed E-state index contributed by atoms with van der Waals surface area (Å²) < 4.78 is 0. The van der Waals surface area contributed by atoms with E-state index in [9.17, 15) is 9.59 Å². The highest BCUT2D eigenvalue weighted by Crippen LogP contribution is 2.28. The van der Waals surface area contributed by atoms with E-state index in [0.29, 0.717) is 25.6 Å². The van der Waals surface area contributed by atoms with Gasteiger partial charge in [0.25, 0.3) is 0 Å². The van der Waals surface area contributed by atoms with E-state index in [-0.39, 0.29) is 11.8 Å². The van der Waals surface area contributed by atoms with Crippen LogP contribution < -0.4 is 5.32 Å². The molecule has 5 heteroatoms. The van der Waals surface area contributed by atoms with Gasteiger partial charge in [-0.25, -0.2) is 0 Å². The van der Waals surface area contributed by atoms with Gasteiger partial charge in [0.2, 0.25) is 5.91 Å². The predicted octanol–water partition coefficient (Wildman–Crippen LogP) is 1.89. The second kappa shape index (κ2) is 8.82. The number of aliphatic carboxylic acids is 1. The van der Waals surface area contributed by atoms with Crippen molar-refractivity contribution >= 4 is 11.9 Å². The van der Waals surface area contributed by atoms with Crippen LogP contribution >= 0.6 is 0 Å². The first-order valence-electron chi connectivity index (χ1n) is 7.79. The third-order valence-electron chi connectivity index (χ3n) is 4.10. The Kier molecular flexibility index (Phi) is 7.43. The van der Waals surface area contributed by atoms with Crippen LogP contribution in [0.25, 0.3) is 0 Å². The van der Waals surface area contributed by atoms with Gasteiger partial charge in [-0.1, -0.05) is 12.2 Å². The summed E-state index contributed by atoms with van der Waals surface area (Å²) in [6.07, 6.45) is 3.38. The Labute approximate surface area is 127 Å². The Morgan fingerprint density at radius 3 is 2.38 bits per heavy atom. The standard InChI is InChI=1S/C16H28N2O3/c1-4-18(11-12(2)3)15(19)10-17-9-13-5-7-14(8-6-13)16(20)21/h13-14,17H,2,4-11H2,1,3H3,(H,20,21). The van der Waals surface area contributed by atoms with Crippen molar-refractivity contribution in [3.05, 3.63) is 12.2 Å². The van der Waals surface area contributed by atoms with Gasteiger partial charge in [0, 0.05) is 13.1 Å². The van der Waals surface area contributed by atoms with E-state index in [1.54, 1.807) is 4.90 Å². The fourth-order valence-electron chi connectivity index (χ4n) is 2.81. The lowest BCUT2D eigenvalue weighted by atomic mass is 9.82. The quantitative estimate of drug-likeness (QED) is 0.671. The molecule has 0 aliphatic heterocycles. The number of carbonyl (C=O) groups excluding carboxylic acids is 1. The van der Waals surface area contributed by atoms with Gasteiger partial charge >= 0.3 is 5.97 Å². The van der Waals surface area contributed by atoms with Gasteiger partial charge in [0.05, 0.1) is 12.5 Å². The van der Waals surface area contributed by atoms with Crippen molar-refractivity contribution in [3.8, 4) is 0 Å². The number of amides is 1. The number of likely N-dealkylation sites (N-methyl/N-ethyl adjacent to an activating group) is 1. The number of nitrogens with zero attached hydrogens (tertiary/aromatic N) is 1. The summed E-state index contributed by atoms with van der Waals surface area (Å²) in [5.41, 5.74) is 0.984. The number of hydrogen-bond donors (Lipinski definition) is 2. The summed E-state index contributed by atoms with van der Waals surface area (Å²) in [6.45, 7) is 10.2. The summed E-state index contributed by atoms with van der Waals surface area (Å²) in [5, 5.41) is 12.2. The van der Waals surface area contributed by atoms with Crippen LogP contribution in [0, 0.1) is 11.8 Å². The molecule has 0 spiro atoms. The SMILES string of the molecule is C=C(C)CN(CC)C(=O)CNCC1CCC(C(=O)O)CC1. The highest BCUT2D eigenvalue weighted by atomic mass is 16.4. The van der Waals surface area contributed by atoms with Gasteiger partial charge in [-0.05, 0) is 52.0 Å².